The predicted octanol–water partition coefficient (Wildman–Crippen LogP) is 4.30. The lowest BCUT2D eigenvalue weighted by molar-refractivity contribution is -0.219. The fourth-order valence-corrected chi connectivity index (χ4v) is 8.21. The van der Waals surface area contributed by atoms with Crippen molar-refractivity contribution >= 4 is 48.3 Å². The first-order chi connectivity index (χ1) is 18.2. The molecule has 3 saturated carbocycles. The molecular weight excluding hydrogens is 578 g/mol. The number of esters is 1. The second-order valence-electron chi connectivity index (χ2n) is 12.0. The molecule has 0 unspecified atom stereocenters. The van der Waals surface area contributed by atoms with E-state index in [0.717, 1.165) is 0 Å². The predicted molar refractivity (Wildman–Crippen MR) is 151 cm³/mol. The van der Waals surface area contributed by atoms with Crippen LogP contribution in [-0.2, 0) is 14.3 Å². The first-order valence-electron chi connectivity index (χ1n) is 13.3. The maximum absolute atomic E-state index is 17.2. The Hall–Kier alpha value is -2.59. The number of carbonyl (C=O) groups is 4. The number of Topliss-reactive ketones (excluding diaryl/α,β-unsaturated/α-hetero) is 1. The number of aliphatic hydroxyl groups excluding tert-OH is 1. The summed E-state index contributed by atoms with van der Waals surface area (Å²) < 4.78 is 22.5. The molecule has 224 valence electrons. The third-order valence-electron chi connectivity index (χ3n) is 10.3. The third kappa shape index (κ3) is 4.47. The van der Waals surface area contributed by atoms with E-state index in [2.05, 4.69) is 0 Å². The normalized spacial score (nSPS) is 38.7. The molecule has 4 aliphatic carbocycles. The topological polar surface area (TPSA) is 138 Å². The summed E-state index contributed by atoms with van der Waals surface area (Å²) in [6, 6.07) is 5.04. The first kappa shape index (κ1) is 32.9. The van der Waals surface area contributed by atoms with Gasteiger partial charge >= 0.3 is 11.9 Å². The van der Waals surface area contributed by atoms with Gasteiger partial charge in [0.15, 0.2) is 18.1 Å². The van der Waals surface area contributed by atoms with Gasteiger partial charge in [-0.25, -0.2) is 14.0 Å². The molecule has 3 N–H and O–H groups in total. The summed E-state index contributed by atoms with van der Waals surface area (Å²) in [6.07, 6.45) is 3.87. The number of allylic oxidation sites excluding steroid dienone is 4. The number of carboxylic acid groups (broad SMARTS) is 1. The molecule has 0 saturated heterocycles. The number of alkyl halides is 1. The summed E-state index contributed by atoms with van der Waals surface area (Å²) in [5.74, 6) is -4.60. The van der Waals surface area contributed by atoms with Crippen LogP contribution < -0.4 is 0 Å². The highest BCUT2D eigenvalue weighted by molar-refractivity contribution is 6.01. The van der Waals surface area contributed by atoms with Crippen molar-refractivity contribution in [3.05, 3.63) is 59.2 Å². The van der Waals surface area contributed by atoms with Crippen LogP contribution in [0.2, 0.25) is 0 Å². The number of benzene rings is 1. The summed E-state index contributed by atoms with van der Waals surface area (Å²) in [6.45, 7) is 4.41. The maximum Gasteiger partial charge on any atom is 0.338 e. The van der Waals surface area contributed by atoms with Crippen LogP contribution in [-0.4, -0.2) is 62.8 Å². The third-order valence-corrected chi connectivity index (χ3v) is 10.3. The van der Waals surface area contributed by atoms with E-state index in [1.807, 2.05) is 0 Å². The Morgan fingerprint density at radius 3 is 2.29 bits per heavy atom. The van der Waals surface area contributed by atoms with Gasteiger partial charge in [-0.15, -0.1) is 24.8 Å². The molecule has 0 aromatic heterocycles. The first-order valence-corrected chi connectivity index (χ1v) is 13.3. The van der Waals surface area contributed by atoms with E-state index in [-0.39, 0.29) is 48.1 Å². The van der Waals surface area contributed by atoms with Gasteiger partial charge in [-0.05, 0) is 80.9 Å². The lowest BCUT2D eigenvalue weighted by Crippen LogP contribution is -2.69. The second-order valence-corrected chi connectivity index (χ2v) is 12.0. The summed E-state index contributed by atoms with van der Waals surface area (Å²) >= 11 is 0. The van der Waals surface area contributed by atoms with Crippen molar-refractivity contribution in [3.8, 4) is 0 Å². The molecule has 3 fully saturated rings. The van der Waals surface area contributed by atoms with Crippen molar-refractivity contribution < 1.29 is 43.6 Å². The number of aromatic carboxylic acids is 1. The van der Waals surface area contributed by atoms with Gasteiger partial charge < -0.3 is 20.1 Å². The highest BCUT2D eigenvalue weighted by Crippen LogP contribution is 2.70. The van der Waals surface area contributed by atoms with Crippen LogP contribution in [0.5, 0.6) is 0 Å². The summed E-state index contributed by atoms with van der Waals surface area (Å²) in [4.78, 5) is 49.1. The zero-order valence-corrected chi connectivity index (χ0v) is 24.6. The van der Waals surface area contributed by atoms with Gasteiger partial charge in [0.05, 0.1) is 17.2 Å². The summed E-state index contributed by atoms with van der Waals surface area (Å²) in [7, 11) is 0. The zero-order chi connectivity index (χ0) is 28.5. The van der Waals surface area contributed by atoms with Crippen molar-refractivity contribution in [3.63, 3.8) is 0 Å². The van der Waals surface area contributed by atoms with Crippen LogP contribution in [0.25, 0.3) is 0 Å². The number of aliphatic hydroxyl groups is 2. The number of fused-ring (bicyclic) bond motifs is 5. The molecule has 1 aromatic carbocycles. The Labute approximate surface area is 249 Å². The average Bonchev–Trinajstić information content (AvgIpc) is 3.09. The van der Waals surface area contributed by atoms with E-state index < -0.39 is 70.3 Å². The van der Waals surface area contributed by atoms with E-state index in [1.54, 1.807) is 26.8 Å². The van der Waals surface area contributed by atoms with Crippen molar-refractivity contribution in [2.45, 2.75) is 63.8 Å². The molecule has 0 aliphatic heterocycles. The average molecular weight is 614 g/mol. The molecule has 0 amide bonds. The van der Waals surface area contributed by atoms with Gasteiger partial charge in [-0.1, -0.05) is 25.5 Å². The van der Waals surface area contributed by atoms with E-state index in [9.17, 15) is 29.4 Å². The minimum absolute atomic E-state index is 0. The minimum Gasteiger partial charge on any atom is -0.478 e. The number of ketones is 2. The molecule has 5 rings (SSSR count). The Morgan fingerprint density at radius 2 is 1.68 bits per heavy atom. The number of hydrogen-bond donors (Lipinski definition) is 3. The van der Waals surface area contributed by atoms with Crippen molar-refractivity contribution in [1.82, 2.24) is 0 Å². The summed E-state index contributed by atoms with van der Waals surface area (Å²) in [5, 5.41) is 32.4. The van der Waals surface area contributed by atoms with Crippen LogP contribution in [0.15, 0.2) is 48.1 Å². The number of carboxylic acids is 1. The molecule has 4 aliphatic rings. The number of hydrogen-bond acceptors (Lipinski definition) is 7. The smallest absolute Gasteiger partial charge is 0.338 e. The van der Waals surface area contributed by atoms with E-state index in [1.165, 1.54) is 36.4 Å². The Kier molecular flexibility index (Phi) is 8.76. The van der Waals surface area contributed by atoms with E-state index in [0.29, 0.717) is 24.8 Å². The second kappa shape index (κ2) is 10.9. The SMILES string of the molecule is C[C@@H]1C[C@H]2[C@@H]3CCC4=CC(=O)C=C[C@]4(C)[C@@]3(F)[C@@H](O)C[C@]2(C)[C@@]1(O)C(=O)COC(=O)c1ccc(C(=O)O)cc1.Cl.Cl. The molecule has 0 spiro atoms. The number of halogens is 3. The van der Waals surface area contributed by atoms with Crippen molar-refractivity contribution in [1.29, 1.82) is 0 Å². The Morgan fingerprint density at radius 1 is 1.07 bits per heavy atom. The zero-order valence-electron chi connectivity index (χ0n) is 23.0. The van der Waals surface area contributed by atoms with E-state index in [4.69, 9.17) is 9.84 Å². The fraction of sp³-hybridized carbons (Fsp3) is 0.533. The number of ether oxygens (including phenoxy) is 1. The molecule has 0 radical (unpaired) electrons. The highest BCUT2D eigenvalue weighted by atomic mass is 35.5. The monoisotopic (exact) mass is 612 g/mol. The summed E-state index contributed by atoms with van der Waals surface area (Å²) in [5.41, 5.74) is -5.71. The largest absolute Gasteiger partial charge is 0.478 e. The van der Waals surface area contributed by atoms with E-state index >= 15 is 4.39 Å². The minimum atomic E-state index is -2.08. The van der Waals surface area contributed by atoms with Gasteiger partial charge in [-0.3, -0.25) is 9.59 Å². The van der Waals surface area contributed by atoms with Crippen LogP contribution >= 0.6 is 24.8 Å². The van der Waals surface area contributed by atoms with Crippen molar-refractivity contribution in [2.75, 3.05) is 6.61 Å². The fourth-order valence-electron chi connectivity index (χ4n) is 8.21. The molecule has 11 heteroatoms. The molecule has 1 aromatic rings. The van der Waals surface area contributed by atoms with Crippen LogP contribution in [0.4, 0.5) is 4.39 Å². The van der Waals surface area contributed by atoms with Gasteiger partial charge in [0, 0.05) is 16.7 Å². The lowest BCUT2D eigenvalue weighted by atomic mass is 9.44. The van der Waals surface area contributed by atoms with Gasteiger partial charge in [0.25, 0.3) is 0 Å². The standard InChI is InChI=1S/C30H33FO8.2ClH/c1-16-12-22-21-9-8-19-13-20(32)10-11-27(19,2)29(21,31)23(33)14-28(22,3)30(16,38)24(34)15-39-26(37)18-6-4-17(5-7-18)25(35)36;;/h4-7,10-11,13,16,21-23,33,38H,8-9,12,14-15H2,1-3H3,(H,35,36);2*1H/t16-,21+,22+,23+,27+,28+,29+,30+;;/m1../s1. The quantitative estimate of drug-likeness (QED) is 0.418. The van der Waals surface area contributed by atoms with Crippen LogP contribution in [0.1, 0.15) is 67.2 Å². The lowest BCUT2D eigenvalue weighted by Gasteiger charge is -2.62. The molecule has 0 bridgehead atoms. The highest BCUT2D eigenvalue weighted by Gasteiger charge is 2.75. The molecular formula is C30H35Cl2FO8. The van der Waals surface area contributed by atoms with Gasteiger partial charge in [-0.2, -0.15) is 0 Å². The van der Waals surface area contributed by atoms with Crippen molar-refractivity contribution in [2.24, 2.45) is 28.6 Å². The number of rotatable bonds is 5. The Bertz CT molecular complexity index is 1330. The van der Waals surface area contributed by atoms with Crippen LogP contribution in [0, 0.1) is 28.6 Å². The molecule has 41 heavy (non-hydrogen) atoms. The van der Waals surface area contributed by atoms with Gasteiger partial charge in [0.1, 0.15) is 5.60 Å². The maximum atomic E-state index is 17.2. The Balaban J connectivity index is 0.00000231. The van der Waals surface area contributed by atoms with Gasteiger partial charge in [0.2, 0.25) is 5.78 Å². The molecule has 8 nitrogen and oxygen atoms in total. The molecule has 0 heterocycles. The number of carbonyl (C=O) groups excluding carboxylic acids is 3. The van der Waals surface area contributed by atoms with Crippen LogP contribution in [0.3, 0.4) is 0 Å². The molecule has 8 atom stereocenters.